The van der Waals surface area contributed by atoms with Crippen LogP contribution in [0.25, 0.3) is 10.9 Å². The molecule has 0 fully saturated rings. The summed E-state index contributed by atoms with van der Waals surface area (Å²) in [6.45, 7) is 0. The summed E-state index contributed by atoms with van der Waals surface area (Å²) in [6.07, 6.45) is 1.58. The number of rotatable bonds is 4. The summed E-state index contributed by atoms with van der Waals surface area (Å²) in [5, 5.41) is 7.41. The predicted octanol–water partition coefficient (Wildman–Crippen LogP) is 4.07. The number of ether oxygens (including phenoxy) is 1. The van der Waals surface area contributed by atoms with Gasteiger partial charge in [-0.2, -0.15) is 9.52 Å². The molecular weight excluding hydrogens is 406 g/mol. The van der Waals surface area contributed by atoms with E-state index < -0.39 is 16.1 Å². The molecule has 0 spiro atoms. The maximum Gasteiger partial charge on any atom is 0.247 e. The van der Waals surface area contributed by atoms with Crippen molar-refractivity contribution in [2.24, 2.45) is 5.10 Å². The summed E-state index contributed by atoms with van der Waals surface area (Å²) in [5.41, 5.74) is 2.06. The summed E-state index contributed by atoms with van der Waals surface area (Å²) < 4.78 is 31.1. The molecule has 0 radical (unpaired) electrons. The van der Waals surface area contributed by atoms with Crippen molar-refractivity contribution in [1.29, 1.82) is 0 Å². The number of methoxy groups -OCH3 is 1. The molecule has 4 rings (SSSR count). The van der Waals surface area contributed by atoms with Gasteiger partial charge < -0.3 is 4.74 Å². The Bertz CT molecular complexity index is 1140. The highest BCUT2D eigenvalue weighted by atomic mass is 35.5. The van der Waals surface area contributed by atoms with Crippen LogP contribution in [-0.2, 0) is 10.0 Å². The fourth-order valence-corrected chi connectivity index (χ4v) is 5.02. The van der Waals surface area contributed by atoms with E-state index >= 15 is 0 Å². The van der Waals surface area contributed by atoms with Gasteiger partial charge in [0.1, 0.15) is 10.9 Å². The molecular formula is C18H16ClN3O3S2. The molecule has 6 nitrogen and oxygen atoms in total. The molecule has 9 heteroatoms. The molecule has 1 aliphatic heterocycles. The van der Waals surface area contributed by atoms with Gasteiger partial charge >= 0.3 is 0 Å². The number of halogens is 1. The van der Waals surface area contributed by atoms with E-state index in [2.05, 4.69) is 10.1 Å². The number of hydrogen-bond donors (Lipinski definition) is 0. The number of thiophene rings is 1. The number of pyridine rings is 1. The van der Waals surface area contributed by atoms with E-state index in [0.29, 0.717) is 23.3 Å². The number of fused-ring (bicyclic) bond motifs is 1. The minimum atomic E-state index is -3.57. The van der Waals surface area contributed by atoms with Crippen molar-refractivity contribution in [3.63, 3.8) is 0 Å². The summed E-state index contributed by atoms with van der Waals surface area (Å²) in [7, 11) is -1.98. The van der Waals surface area contributed by atoms with Gasteiger partial charge in [0.25, 0.3) is 0 Å². The molecule has 0 N–H and O–H groups in total. The third-order valence-corrected chi connectivity index (χ3v) is 6.62. The normalized spacial score (nSPS) is 17.4. The number of aromatic nitrogens is 1. The van der Waals surface area contributed by atoms with E-state index in [0.717, 1.165) is 26.6 Å². The third-order valence-electron chi connectivity index (χ3n) is 4.38. The number of nitrogens with zero attached hydrogens (tertiary/aromatic N) is 3. The molecule has 3 heterocycles. The third kappa shape index (κ3) is 3.40. The number of hydrogen-bond acceptors (Lipinski definition) is 6. The summed E-state index contributed by atoms with van der Waals surface area (Å²) in [4.78, 5) is 5.38. The molecule has 27 heavy (non-hydrogen) atoms. The number of hydrazone groups is 1. The van der Waals surface area contributed by atoms with Crippen molar-refractivity contribution < 1.29 is 13.2 Å². The molecule has 0 unspecified atom stereocenters. The van der Waals surface area contributed by atoms with E-state index in [1.165, 1.54) is 11.3 Å². The van der Waals surface area contributed by atoms with Crippen LogP contribution >= 0.6 is 22.9 Å². The predicted molar refractivity (Wildman–Crippen MR) is 108 cm³/mol. The van der Waals surface area contributed by atoms with Gasteiger partial charge in [-0.3, -0.25) is 0 Å². The highest BCUT2D eigenvalue weighted by Crippen LogP contribution is 2.39. The van der Waals surface area contributed by atoms with Crippen LogP contribution in [0.5, 0.6) is 5.75 Å². The second-order valence-electron chi connectivity index (χ2n) is 6.21. The van der Waals surface area contributed by atoms with Crippen LogP contribution in [0.3, 0.4) is 0 Å². The Morgan fingerprint density at radius 1 is 1.30 bits per heavy atom. The highest BCUT2D eigenvalue weighted by Gasteiger charge is 2.36. The first-order valence-electron chi connectivity index (χ1n) is 8.12. The van der Waals surface area contributed by atoms with Gasteiger partial charge in [0, 0.05) is 17.4 Å². The number of benzene rings is 1. The van der Waals surface area contributed by atoms with Gasteiger partial charge in [-0.15, -0.1) is 11.3 Å². The van der Waals surface area contributed by atoms with E-state index in [4.69, 9.17) is 16.3 Å². The molecule has 1 aliphatic rings. The average molecular weight is 422 g/mol. The van der Waals surface area contributed by atoms with Crippen LogP contribution in [0.4, 0.5) is 0 Å². The Hall–Kier alpha value is -2.16. The van der Waals surface area contributed by atoms with Crippen LogP contribution in [0.15, 0.2) is 46.9 Å². The summed E-state index contributed by atoms with van der Waals surface area (Å²) >= 11 is 7.96. The maximum atomic E-state index is 12.3. The van der Waals surface area contributed by atoms with Gasteiger partial charge in [-0.1, -0.05) is 17.7 Å². The monoisotopic (exact) mass is 421 g/mol. The first-order valence-corrected chi connectivity index (χ1v) is 11.2. The summed E-state index contributed by atoms with van der Waals surface area (Å²) in [5.74, 6) is 0.694. The first kappa shape index (κ1) is 18.2. The molecule has 1 atom stereocenters. The maximum absolute atomic E-state index is 12.3. The molecule has 0 saturated carbocycles. The zero-order valence-corrected chi connectivity index (χ0v) is 17.0. The van der Waals surface area contributed by atoms with Gasteiger partial charge in [0.05, 0.1) is 35.5 Å². The van der Waals surface area contributed by atoms with E-state index in [1.54, 1.807) is 7.11 Å². The molecule has 0 amide bonds. The topological polar surface area (TPSA) is 71.9 Å². The van der Waals surface area contributed by atoms with Crippen LogP contribution in [0.1, 0.15) is 22.9 Å². The van der Waals surface area contributed by atoms with Crippen molar-refractivity contribution in [3.8, 4) is 5.75 Å². The SMILES string of the molecule is COc1ccc2nc(Cl)c([C@H]3CC(c4cccs4)=NN3S(C)(=O)=O)cc2c1. The van der Waals surface area contributed by atoms with Crippen molar-refractivity contribution in [2.45, 2.75) is 12.5 Å². The standard InChI is InChI=1S/C18H16ClN3O3S2/c1-25-12-5-6-14-11(8-12)9-13(18(19)20-14)16-10-15(17-4-3-7-26-17)21-22(16)27(2,23)24/h3-9,16H,10H2,1-2H3/t16-/m1/s1. The van der Waals surface area contributed by atoms with E-state index in [1.807, 2.05) is 41.8 Å². The van der Waals surface area contributed by atoms with E-state index in [9.17, 15) is 8.42 Å². The zero-order chi connectivity index (χ0) is 19.2. The minimum Gasteiger partial charge on any atom is -0.497 e. The second kappa shape index (κ2) is 6.78. The Balaban J connectivity index is 1.82. The van der Waals surface area contributed by atoms with Gasteiger partial charge in [-0.05, 0) is 35.7 Å². The lowest BCUT2D eigenvalue weighted by atomic mass is 10.0. The number of sulfonamides is 1. The minimum absolute atomic E-state index is 0.272. The first-order chi connectivity index (χ1) is 12.9. The highest BCUT2D eigenvalue weighted by molar-refractivity contribution is 7.88. The second-order valence-corrected chi connectivity index (χ2v) is 9.35. The fourth-order valence-electron chi connectivity index (χ4n) is 3.13. The average Bonchev–Trinajstić information content (AvgIpc) is 3.29. The van der Waals surface area contributed by atoms with E-state index in [-0.39, 0.29) is 5.15 Å². The van der Waals surface area contributed by atoms with Gasteiger partial charge in [-0.25, -0.2) is 13.4 Å². The fraction of sp³-hybridized carbons (Fsp3) is 0.222. The van der Waals surface area contributed by atoms with Crippen LogP contribution in [-0.4, -0.2) is 36.9 Å². The van der Waals surface area contributed by atoms with Crippen molar-refractivity contribution in [1.82, 2.24) is 9.40 Å². The molecule has 140 valence electrons. The van der Waals surface area contributed by atoms with Crippen LogP contribution in [0, 0.1) is 0 Å². The van der Waals surface area contributed by atoms with Crippen molar-refractivity contribution >= 4 is 49.6 Å². The smallest absolute Gasteiger partial charge is 0.247 e. The largest absolute Gasteiger partial charge is 0.497 e. The Labute approximate surface area is 166 Å². The lowest BCUT2D eigenvalue weighted by Gasteiger charge is -2.22. The molecule has 0 aliphatic carbocycles. The molecule has 1 aromatic carbocycles. The van der Waals surface area contributed by atoms with Crippen molar-refractivity contribution in [2.75, 3.05) is 13.4 Å². The zero-order valence-electron chi connectivity index (χ0n) is 14.6. The van der Waals surface area contributed by atoms with Gasteiger partial charge in [0.2, 0.25) is 10.0 Å². The lowest BCUT2D eigenvalue weighted by molar-refractivity contribution is 0.374. The Morgan fingerprint density at radius 3 is 2.78 bits per heavy atom. The molecule has 0 saturated heterocycles. The van der Waals surface area contributed by atoms with Crippen molar-refractivity contribution in [3.05, 3.63) is 57.4 Å². The Kier molecular flexibility index (Phi) is 4.57. The Morgan fingerprint density at radius 2 is 2.11 bits per heavy atom. The van der Waals surface area contributed by atoms with Crippen LogP contribution < -0.4 is 4.74 Å². The lowest BCUT2D eigenvalue weighted by Crippen LogP contribution is -2.26. The van der Waals surface area contributed by atoms with Gasteiger partial charge in [0.15, 0.2) is 0 Å². The van der Waals surface area contributed by atoms with Crippen LogP contribution in [0.2, 0.25) is 5.15 Å². The molecule has 3 aromatic rings. The quantitative estimate of drug-likeness (QED) is 0.595. The summed E-state index contributed by atoms with van der Waals surface area (Å²) in [6, 6.07) is 10.6. The molecule has 2 aromatic heterocycles. The molecule has 0 bridgehead atoms.